The molecule has 1 saturated heterocycles. The molecule has 1 aliphatic carbocycles. The predicted octanol–water partition coefficient (Wildman–Crippen LogP) is 4.87. The summed E-state index contributed by atoms with van der Waals surface area (Å²) >= 11 is 0. The zero-order valence-electron chi connectivity index (χ0n) is 19.8. The molecule has 0 spiro atoms. The fourth-order valence-electron chi connectivity index (χ4n) is 4.19. The zero-order valence-corrected chi connectivity index (χ0v) is 19.8. The second-order valence-electron chi connectivity index (χ2n) is 8.52. The largest absolute Gasteiger partial charge is 0.379 e. The maximum atomic E-state index is 6.50. The van der Waals surface area contributed by atoms with E-state index < -0.39 is 6.29 Å². The van der Waals surface area contributed by atoms with Crippen molar-refractivity contribution in [1.82, 2.24) is 0 Å². The number of ether oxygens (including phenoxy) is 6. The first kappa shape index (κ1) is 26.0. The third kappa shape index (κ3) is 8.36. The highest BCUT2D eigenvalue weighted by Crippen LogP contribution is 2.32. The molecule has 30 heavy (non-hydrogen) atoms. The van der Waals surface area contributed by atoms with Gasteiger partial charge in [0, 0.05) is 26.4 Å². The fourth-order valence-corrected chi connectivity index (χ4v) is 4.19. The summed E-state index contributed by atoms with van der Waals surface area (Å²) in [4.78, 5) is 0. The summed E-state index contributed by atoms with van der Waals surface area (Å²) in [5, 5.41) is 0. The van der Waals surface area contributed by atoms with Crippen LogP contribution in [-0.2, 0) is 28.4 Å². The van der Waals surface area contributed by atoms with Gasteiger partial charge in [-0.1, -0.05) is 47.0 Å². The first-order chi connectivity index (χ1) is 14.7. The summed E-state index contributed by atoms with van der Waals surface area (Å²) in [6.07, 6.45) is 8.56. The number of hydrogen-bond donors (Lipinski definition) is 0. The van der Waals surface area contributed by atoms with E-state index in [4.69, 9.17) is 28.4 Å². The molecule has 178 valence electrons. The molecule has 0 unspecified atom stereocenters. The van der Waals surface area contributed by atoms with Crippen molar-refractivity contribution in [1.29, 1.82) is 0 Å². The minimum absolute atomic E-state index is 0.221. The van der Waals surface area contributed by atoms with E-state index in [-0.39, 0.29) is 30.5 Å². The van der Waals surface area contributed by atoms with Crippen LogP contribution >= 0.6 is 0 Å². The smallest absolute Gasteiger partial charge is 0.187 e. The summed E-state index contributed by atoms with van der Waals surface area (Å²) in [5.41, 5.74) is 0. The molecular weight excluding hydrogens is 384 g/mol. The Morgan fingerprint density at radius 3 is 1.83 bits per heavy atom. The first-order valence-electron chi connectivity index (χ1n) is 12.5. The highest BCUT2D eigenvalue weighted by atomic mass is 16.7. The van der Waals surface area contributed by atoms with Crippen LogP contribution in [0.2, 0.25) is 0 Å². The van der Waals surface area contributed by atoms with Crippen molar-refractivity contribution in [3.05, 3.63) is 0 Å². The second kappa shape index (κ2) is 15.5. The second-order valence-corrected chi connectivity index (χ2v) is 8.52. The van der Waals surface area contributed by atoms with Crippen LogP contribution in [0.1, 0.15) is 85.5 Å². The molecule has 0 aromatic heterocycles. The van der Waals surface area contributed by atoms with Crippen molar-refractivity contribution in [2.45, 2.75) is 122 Å². The first-order valence-corrected chi connectivity index (χ1v) is 12.5. The molecule has 5 atom stereocenters. The molecule has 0 aromatic carbocycles. The Labute approximate surface area is 184 Å². The van der Waals surface area contributed by atoms with Crippen molar-refractivity contribution < 1.29 is 28.4 Å². The van der Waals surface area contributed by atoms with Gasteiger partial charge in [0.05, 0.1) is 12.7 Å². The molecule has 0 bridgehead atoms. The lowest BCUT2D eigenvalue weighted by Gasteiger charge is -2.46. The van der Waals surface area contributed by atoms with Crippen LogP contribution in [0, 0.1) is 0 Å². The van der Waals surface area contributed by atoms with Gasteiger partial charge in [-0.2, -0.15) is 0 Å². The Bertz CT molecular complexity index is 415. The Hall–Kier alpha value is -0.240. The molecule has 6 heteroatoms. The minimum atomic E-state index is -0.446. The van der Waals surface area contributed by atoms with E-state index in [2.05, 4.69) is 27.7 Å². The molecular formula is C24H46O6. The lowest BCUT2D eigenvalue weighted by molar-refractivity contribution is -0.333. The quantitative estimate of drug-likeness (QED) is 0.345. The van der Waals surface area contributed by atoms with Gasteiger partial charge in [-0.05, 0) is 38.5 Å². The summed E-state index contributed by atoms with van der Waals surface area (Å²) in [7, 11) is 0. The Morgan fingerprint density at radius 1 is 0.667 bits per heavy atom. The van der Waals surface area contributed by atoms with Crippen LogP contribution in [0.4, 0.5) is 0 Å². The van der Waals surface area contributed by atoms with Crippen LogP contribution in [0.15, 0.2) is 0 Å². The van der Waals surface area contributed by atoms with E-state index in [0.29, 0.717) is 33.0 Å². The number of rotatable bonds is 15. The molecule has 0 N–H and O–H groups in total. The van der Waals surface area contributed by atoms with E-state index in [1.54, 1.807) is 0 Å². The topological polar surface area (TPSA) is 55.4 Å². The van der Waals surface area contributed by atoms with Gasteiger partial charge in [-0.25, -0.2) is 0 Å². The average Bonchev–Trinajstić information content (AvgIpc) is 2.77. The molecule has 0 radical (unpaired) electrons. The predicted molar refractivity (Wildman–Crippen MR) is 118 cm³/mol. The zero-order chi connectivity index (χ0) is 21.6. The highest BCUT2D eigenvalue weighted by Gasteiger charge is 2.49. The molecule has 1 heterocycles. The minimum Gasteiger partial charge on any atom is -0.379 e. The third-order valence-electron chi connectivity index (χ3n) is 5.64. The van der Waals surface area contributed by atoms with E-state index >= 15 is 0 Å². The van der Waals surface area contributed by atoms with Gasteiger partial charge >= 0.3 is 0 Å². The summed E-state index contributed by atoms with van der Waals surface area (Å²) in [5.74, 6) is 0. The monoisotopic (exact) mass is 430 g/mol. The summed E-state index contributed by atoms with van der Waals surface area (Å²) in [6.45, 7) is 11.7. The van der Waals surface area contributed by atoms with Gasteiger partial charge in [0.15, 0.2) is 6.29 Å². The van der Waals surface area contributed by atoms with Crippen LogP contribution in [0.3, 0.4) is 0 Å². The van der Waals surface area contributed by atoms with Crippen molar-refractivity contribution in [3.8, 4) is 0 Å². The van der Waals surface area contributed by atoms with Crippen molar-refractivity contribution >= 4 is 0 Å². The van der Waals surface area contributed by atoms with Gasteiger partial charge in [0.1, 0.15) is 24.4 Å². The van der Waals surface area contributed by atoms with Crippen molar-refractivity contribution in [3.63, 3.8) is 0 Å². The van der Waals surface area contributed by atoms with Crippen LogP contribution in [0.5, 0.6) is 0 Å². The van der Waals surface area contributed by atoms with Crippen LogP contribution < -0.4 is 0 Å². The normalized spacial score (nSPS) is 30.6. The van der Waals surface area contributed by atoms with Crippen LogP contribution in [0.25, 0.3) is 0 Å². The summed E-state index contributed by atoms with van der Waals surface area (Å²) in [6, 6.07) is 0. The molecule has 0 amide bonds. The lowest BCUT2D eigenvalue weighted by atomic mass is 9.96. The van der Waals surface area contributed by atoms with Crippen molar-refractivity contribution in [2.24, 2.45) is 0 Å². The van der Waals surface area contributed by atoms with Gasteiger partial charge in [0.2, 0.25) is 0 Å². The lowest BCUT2D eigenvalue weighted by Crippen LogP contribution is -2.62. The Balaban J connectivity index is 2.20. The number of hydrogen-bond acceptors (Lipinski definition) is 6. The molecule has 2 aliphatic rings. The molecule has 6 nitrogen and oxygen atoms in total. The van der Waals surface area contributed by atoms with Crippen LogP contribution in [-0.4, -0.2) is 69.8 Å². The maximum Gasteiger partial charge on any atom is 0.187 e. The van der Waals surface area contributed by atoms with E-state index in [1.165, 1.54) is 19.3 Å². The molecule has 1 aliphatic heterocycles. The van der Waals surface area contributed by atoms with Gasteiger partial charge in [-0.15, -0.1) is 0 Å². The molecule has 0 aromatic rings. The van der Waals surface area contributed by atoms with E-state index in [1.807, 2.05) is 0 Å². The van der Waals surface area contributed by atoms with E-state index in [9.17, 15) is 0 Å². The van der Waals surface area contributed by atoms with Gasteiger partial charge < -0.3 is 28.4 Å². The molecule has 2 rings (SSSR count). The van der Waals surface area contributed by atoms with Crippen molar-refractivity contribution in [2.75, 3.05) is 33.0 Å². The van der Waals surface area contributed by atoms with E-state index in [0.717, 1.165) is 38.5 Å². The van der Waals surface area contributed by atoms with Gasteiger partial charge in [-0.3, -0.25) is 0 Å². The Kier molecular flexibility index (Phi) is 13.5. The molecule has 2 fully saturated rings. The highest BCUT2D eigenvalue weighted by molar-refractivity contribution is 4.93. The molecule has 1 saturated carbocycles. The third-order valence-corrected chi connectivity index (χ3v) is 5.64. The fraction of sp³-hybridized carbons (Fsp3) is 1.00. The van der Waals surface area contributed by atoms with Gasteiger partial charge in [0.25, 0.3) is 0 Å². The summed E-state index contributed by atoms with van der Waals surface area (Å²) < 4.78 is 37.8. The standard InChI is InChI=1S/C24H46O6/c1-5-14-25-18-20-21(26-15-6-2)22(27-16-7-3)23(28-17-8-4)24(30-20)29-19-12-10-9-11-13-19/h19-24H,5-18H2,1-4H3/t20-,21-,22+,23+,24-/m1/s1. The average molecular weight is 431 g/mol. The SMILES string of the molecule is CCCOC[C@H]1O[C@@H](OC2CCCCC2)[C@@H](OCCC)[C@@H](OCCC)[C@@H]1OCCC. The maximum absolute atomic E-state index is 6.50. The Morgan fingerprint density at radius 2 is 1.23 bits per heavy atom.